The summed E-state index contributed by atoms with van der Waals surface area (Å²) in [5.41, 5.74) is 0.436. The highest BCUT2D eigenvalue weighted by Crippen LogP contribution is 2.40. The van der Waals surface area contributed by atoms with Crippen LogP contribution in [0.4, 0.5) is 0 Å². The Balaban J connectivity index is 1.97. The fraction of sp³-hybridized carbons (Fsp3) is 0.769. The lowest BCUT2D eigenvalue weighted by Gasteiger charge is -2.24. The van der Waals surface area contributed by atoms with Gasteiger partial charge >= 0.3 is 0 Å². The van der Waals surface area contributed by atoms with Crippen molar-refractivity contribution in [2.24, 2.45) is 12.5 Å². The van der Waals surface area contributed by atoms with Crippen LogP contribution in [0.5, 0.6) is 0 Å². The maximum Gasteiger partial charge on any atom is 0.108 e. The molecule has 3 heteroatoms. The molecule has 2 atom stereocenters. The average Bonchev–Trinajstić information content (AvgIpc) is 2.77. The van der Waals surface area contributed by atoms with E-state index in [9.17, 15) is 0 Å². The van der Waals surface area contributed by atoms with Crippen LogP contribution < -0.4 is 5.32 Å². The number of hydrogen-bond donors (Lipinski definition) is 1. The molecule has 1 heterocycles. The van der Waals surface area contributed by atoms with E-state index in [1.807, 2.05) is 12.4 Å². The quantitative estimate of drug-likeness (QED) is 0.844. The highest BCUT2D eigenvalue weighted by molar-refractivity contribution is 5.00. The summed E-state index contributed by atoms with van der Waals surface area (Å²) in [7, 11) is 2.09. The molecule has 1 aliphatic rings. The van der Waals surface area contributed by atoms with Gasteiger partial charge in [-0.2, -0.15) is 0 Å². The highest BCUT2D eigenvalue weighted by atomic mass is 15.0. The van der Waals surface area contributed by atoms with E-state index in [1.165, 1.54) is 25.1 Å². The normalized spacial score (nSPS) is 29.8. The highest BCUT2D eigenvalue weighted by Gasteiger charge is 2.35. The number of imidazole rings is 1. The van der Waals surface area contributed by atoms with Crippen molar-refractivity contribution in [1.82, 2.24) is 14.9 Å². The van der Waals surface area contributed by atoms with E-state index in [1.54, 1.807) is 0 Å². The van der Waals surface area contributed by atoms with Crippen LogP contribution in [0.25, 0.3) is 0 Å². The zero-order valence-electron chi connectivity index (χ0n) is 10.7. The van der Waals surface area contributed by atoms with Crippen LogP contribution in [-0.4, -0.2) is 22.1 Å². The van der Waals surface area contributed by atoms with Gasteiger partial charge in [0, 0.05) is 31.9 Å². The van der Waals surface area contributed by atoms with Crippen LogP contribution >= 0.6 is 0 Å². The Morgan fingerprint density at radius 2 is 2.44 bits per heavy atom. The van der Waals surface area contributed by atoms with Crippen LogP contribution in [0.3, 0.4) is 0 Å². The summed E-state index contributed by atoms with van der Waals surface area (Å²) in [6.07, 6.45) is 8.96. The molecule has 0 radical (unpaired) electrons. The molecule has 1 N–H and O–H groups in total. The van der Waals surface area contributed by atoms with Crippen LogP contribution in [-0.2, 0) is 13.5 Å². The molecule has 1 aromatic heterocycles. The van der Waals surface area contributed by atoms with Crippen molar-refractivity contribution >= 4 is 0 Å². The molecule has 1 fully saturated rings. The van der Waals surface area contributed by atoms with Crippen molar-refractivity contribution in [2.45, 2.75) is 45.6 Å². The van der Waals surface area contributed by atoms with E-state index >= 15 is 0 Å². The number of nitrogens with one attached hydrogen (secondary N) is 1. The molecular weight excluding hydrogens is 198 g/mol. The standard InChI is InChI=1S/C13H23N3/c1-4-14-11-5-6-13(2,9-11)10-12-15-7-8-16(12)3/h7-8,11,14H,4-6,9-10H2,1-3H3. The number of hydrogen-bond acceptors (Lipinski definition) is 2. The van der Waals surface area contributed by atoms with Crippen LogP contribution in [0, 0.1) is 5.41 Å². The Hall–Kier alpha value is -0.830. The third-order valence-corrected chi connectivity index (χ3v) is 3.83. The number of aryl methyl sites for hydroxylation is 1. The molecule has 2 unspecified atom stereocenters. The maximum atomic E-state index is 4.44. The Bertz CT molecular complexity index is 345. The molecule has 16 heavy (non-hydrogen) atoms. The molecule has 0 spiro atoms. The second-order valence-electron chi connectivity index (χ2n) is 5.44. The third kappa shape index (κ3) is 2.46. The largest absolute Gasteiger partial charge is 0.338 e. The van der Waals surface area contributed by atoms with Gasteiger partial charge in [-0.05, 0) is 31.2 Å². The second kappa shape index (κ2) is 4.58. The molecule has 3 nitrogen and oxygen atoms in total. The average molecular weight is 221 g/mol. The summed E-state index contributed by atoms with van der Waals surface area (Å²) >= 11 is 0. The summed E-state index contributed by atoms with van der Waals surface area (Å²) < 4.78 is 2.14. The maximum absolute atomic E-state index is 4.44. The summed E-state index contributed by atoms with van der Waals surface area (Å²) in [4.78, 5) is 4.44. The monoisotopic (exact) mass is 221 g/mol. The van der Waals surface area contributed by atoms with Gasteiger partial charge in [0.15, 0.2) is 0 Å². The summed E-state index contributed by atoms with van der Waals surface area (Å²) in [5, 5.41) is 3.57. The SMILES string of the molecule is CCNC1CCC(C)(Cc2nccn2C)C1. The van der Waals surface area contributed by atoms with Crippen LogP contribution in [0.2, 0.25) is 0 Å². The summed E-state index contributed by atoms with van der Waals surface area (Å²) in [6.45, 7) is 5.68. The minimum Gasteiger partial charge on any atom is -0.338 e. The second-order valence-corrected chi connectivity index (χ2v) is 5.44. The van der Waals surface area contributed by atoms with E-state index in [0.29, 0.717) is 5.41 Å². The zero-order chi connectivity index (χ0) is 11.6. The van der Waals surface area contributed by atoms with Gasteiger partial charge in [0.25, 0.3) is 0 Å². The number of rotatable bonds is 4. The molecular formula is C13H23N3. The predicted octanol–water partition coefficient (Wildman–Crippen LogP) is 2.13. The third-order valence-electron chi connectivity index (χ3n) is 3.83. The van der Waals surface area contributed by atoms with Gasteiger partial charge in [-0.25, -0.2) is 4.98 Å². The lowest BCUT2D eigenvalue weighted by atomic mass is 9.84. The molecule has 1 aromatic rings. The smallest absolute Gasteiger partial charge is 0.108 e. The lowest BCUT2D eigenvalue weighted by molar-refractivity contribution is 0.313. The van der Waals surface area contributed by atoms with Crippen molar-refractivity contribution in [3.05, 3.63) is 18.2 Å². The predicted molar refractivity (Wildman–Crippen MR) is 66.3 cm³/mol. The zero-order valence-corrected chi connectivity index (χ0v) is 10.7. The Morgan fingerprint density at radius 3 is 3.06 bits per heavy atom. The first-order valence-corrected chi connectivity index (χ1v) is 6.32. The Morgan fingerprint density at radius 1 is 1.62 bits per heavy atom. The van der Waals surface area contributed by atoms with Gasteiger partial charge < -0.3 is 9.88 Å². The van der Waals surface area contributed by atoms with Gasteiger partial charge in [0.05, 0.1) is 0 Å². The van der Waals surface area contributed by atoms with Crippen molar-refractivity contribution in [3.8, 4) is 0 Å². The molecule has 90 valence electrons. The minimum atomic E-state index is 0.436. The molecule has 1 aliphatic carbocycles. The molecule has 1 saturated carbocycles. The Labute approximate surface area is 98.3 Å². The molecule has 0 aliphatic heterocycles. The number of nitrogens with zero attached hydrogens (tertiary/aromatic N) is 2. The molecule has 0 amide bonds. The van der Waals surface area contributed by atoms with Crippen LogP contribution in [0.15, 0.2) is 12.4 Å². The first-order valence-electron chi connectivity index (χ1n) is 6.32. The topological polar surface area (TPSA) is 29.9 Å². The van der Waals surface area contributed by atoms with Crippen LogP contribution in [0.1, 0.15) is 38.9 Å². The van der Waals surface area contributed by atoms with Crippen molar-refractivity contribution in [3.63, 3.8) is 0 Å². The lowest BCUT2D eigenvalue weighted by Crippen LogP contribution is -2.28. The molecule has 0 bridgehead atoms. The molecule has 2 rings (SSSR count). The van der Waals surface area contributed by atoms with E-state index in [2.05, 4.69) is 35.8 Å². The van der Waals surface area contributed by atoms with Crippen molar-refractivity contribution < 1.29 is 0 Å². The van der Waals surface area contributed by atoms with Crippen molar-refractivity contribution in [1.29, 1.82) is 0 Å². The van der Waals surface area contributed by atoms with E-state index in [-0.39, 0.29) is 0 Å². The van der Waals surface area contributed by atoms with E-state index in [4.69, 9.17) is 0 Å². The van der Waals surface area contributed by atoms with Gasteiger partial charge in [-0.3, -0.25) is 0 Å². The van der Waals surface area contributed by atoms with E-state index < -0.39 is 0 Å². The van der Waals surface area contributed by atoms with Gasteiger partial charge in [0.1, 0.15) is 5.82 Å². The van der Waals surface area contributed by atoms with Crippen molar-refractivity contribution in [2.75, 3.05) is 6.54 Å². The van der Waals surface area contributed by atoms with E-state index in [0.717, 1.165) is 19.0 Å². The summed E-state index contributed by atoms with van der Waals surface area (Å²) in [5.74, 6) is 1.22. The first kappa shape index (κ1) is 11.6. The van der Waals surface area contributed by atoms with Gasteiger partial charge in [0.2, 0.25) is 0 Å². The summed E-state index contributed by atoms with van der Waals surface area (Å²) in [6, 6.07) is 0.718. The van der Waals surface area contributed by atoms with Gasteiger partial charge in [-0.15, -0.1) is 0 Å². The molecule has 0 saturated heterocycles. The fourth-order valence-electron chi connectivity index (χ4n) is 2.89. The van der Waals surface area contributed by atoms with Gasteiger partial charge in [-0.1, -0.05) is 13.8 Å². The minimum absolute atomic E-state index is 0.436. The fourth-order valence-corrected chi connectivity index (χ4v) is 2.89. The first-order chi connectivity index (χ1) is 7.63. The molecule has 0 aromatic carbocycles. The number of aromatic nitrogens is 2. The Kier molecular flexibility index (Phi) is 3.33.